The number of hydrogen-bond donors (Lipinski definition) is 1. The van der Waals surface area contributed by atoms with Crippen LogP contribution in [0.5, 0.6) is 0 Å². The SMILES string of the molecule is CCC1CCCCC1N1C(C(=O)O)CC2CCCCC21. The number of fused-ring (bicyclic) bond motifs is 1. The summed E-state index contributed by atoms with van der Waals surface area (Å²) < 4.78 is 0. The van der Waals surface area contributed by atoms with Crippen molar-refractivity contribution in [2.24, 2.45) is 11.8 Å². The third-order valence-corrected chi connectivity index (χ3v) is 6.20. The maximum absolute atomic E-state index is 11.8. The van der Waals surface area contributed by atoms with E-state index in [1.165, 1.54) is 57.8 Å². The number of nitrogens with zero attached hydrogens (tertiary/aromatic N) is 1. The van der Waals surface area contributed by atoms with Crippen LogP contribution in [0.25, 0.3) is 0 Å². The van der Waals surface area contributed by atoms with E-state index in [-0.39, 0.29) is 6.04 Å². The highest BCUT2D eigenvalue weighted by molar-refractivity contribution is 5.74. The number of hydrogen-bond acceptors (Lipinski definition) is 2. The fourth-order valence-electron chi connectivity index (χ4n) is 5.26. The Balaban J connectivity index is 1.84. The second-order valence-electron chi connectivity index (χ2n) is 7.17. The zero-order valence-electron chi connectivity index (χ0n) is 12.8. The first-order valence-corrected chi connectivity index (χ1v) is 8.72. The predicted octanol–water partition coefficient (Wildman–Crippen LogP) is 3.67. The van der Waals surface area contributed by atoms with Gasteiger partial charge in [-0.05, 0) is 43.9 Å². The summed E-state index contributed by atoms with van der Waals surface area (Å²) in [5, 5.41) is 9.68. The van der Waals surface area contributed by atoms with E-state index in [0.29, 0.717) is 18.0 Å². The second kappa shape index (κ2) is 6.05. The number of carbonyl (C=O) groups is 1. The predicted molar refractivity (Wildman–Crippen MR) is 79.7 cm³/mol. The Labute approximate surface area is 122 Å². The van der Waals surface area contributed by atoms with E-state index < -0.39 is 5.97 Å². The normalized spacial score (nSPS) is 42.4. The van der Waals surface area contributed by atoms with Crippen LogP contribution in [-0.4, -0.2) is 34.1 Å². The van der Waals surface area contributed by atoms with Crippen molar-refractivity contribution in [3.8, 4) is 0 Å². The fraction of sp³-hybridized carbons (Fsp3) is 0.941. The van der Waals surface area contributed by atoms with Gasteiger partial charge in [0, 0.05) is 12.1 Å². The van der Waals surface area contributed by atoms with E-state index in [1.54, 1.807) is 0 Å². The molecule has 3 nitrogen and oxygen atoms in total. The zero-order valence-corrected chi connectivity index (χ0v) is 12.8. The maximum atomic E-state index is 11.8. The van der Waals surface area contributed by atoms with Crippen molar-refractivity contribution in [1.82, 2.24) is 4.90 Å². The first-order chi connectivity index (χ1) is 9.72. The van der Waals surface area contributed by atoms with Gasteiger partial charge < -0.3 is 5.11 Å². The van der Waals surface area contributed by atoms with Crippen molar-refractivity contribution >= 4 is 5.97 Å². The van der Waals surface area contributed by atoms with Gasteiger partial charge >= 0.3 is 5.97 Å². The summed E-state index contributed by atoms with van der Waals surface area (Å²) >= 11 is 0. The van der Waals surface area contributed by atoms with E-state index >= 15 is 0 Å². The first kappa shape index (κ1) is 14.4. The molecular formula is C17H29NO2. The molecule has 0 aromatic rings. The minimum absolute atomic E-state index is 0.194. The molecule has 5 unspecified atom stereocenters. The molecule has 3 heteroatoms. The van der Waals surface area contributed by atoms with Crippen LogP contribution in [0.3, 0.4) is 0 Å². The standard InChI is InChI=1S/C17H29NO2/c1-2-12-7-3-5-9-14(12)18-15-10-6-4-8-13(15)11-16(18)17(19)20/h12-16H,2-11H2,1H3,(H,19,20). The Kier molecular flexibility index (Phi) is 4.34. The van der Waals surface area contributed by atoms with Crippen LogP contribution in [0.15, 0.2) is 0 Å². The lowest BCUT2D eigenvalue weighted by atomic mass is 9.80. The van der Waals surface area contributed by atoms with E-state index in [2.05, 4.69) is 11.8 Å². The summed E-state index contributed by atoms with van der Waals surface area (Å²) in [5.41, 5.74) is 0. The molecule has 1 aliphatic heterocycles. The molecule has 0 bridgehead atoms. The van der Waals surface area contributed by atoms with Gasteiger partial charge in [-0.25, -0.2) is 0 Å². The Bertz CT molecular complexity index is 357. The van der Waals surface area contributed by atoms with Gasteiger partial charge in [-0.1, -0.05) is 39.0 Å². The van der Waals surface area contributed by atoms with Gasteiger partial charge in [-0.3, -0.25) is 9.69 Å². The first-order valence-electron chi connectivity index (χ1n) is 8.72. The molecule has 0 aromatic heterocycles. The number of rotatable bonds is 3. The number of carboxylic acids is 1. The molecule has 2 aliphatic carbocycles. The second-order valence-corrected chi connectivity index (χ2v) is 7.17. The monoisotopic (exact) mass is 279 g/mol. The largest absolute Gasteiger partial charge is 0.480 e. The van der Waals surface area contributed by atoms with Crippen LogP contribution >= 0.6 is 0 Å². The van der Waals surface area contributed by atoms with Crippen LogP contribution in [0.2, 0.25) is 0 Å². The summed E-state index contributed by atoms with van der Waals surface area (Å²) in [4.78, 5) is 14.2. The molecule has 5 atom stereocenters. The zero-order chi connectivity index (χ0) is 14.1. The third kappa shape index (κ3) is 2.49. The molecule has 3 fully saturated rings. The smallest absolute Gasteiger partial charge is 0.320 e. The molecule has 1 saturated heterocycles. The molecule has 114 valence electrons. The van der Waals surface area contributed by atoms with Gasteiger partial charge in [0.1, 0.15) is 6.04 Å². The lowest BCUT2D eigenvalue weighted by Gasteiger charge is -2.44. The van der Waals surface area contributed by atoms with Gasteiger partial charge in [0.05, 0.1) is 0 Å². The molecule has 0 spiro atoms. The molecule has 3 rings (SSSR count). The van der Waals surface area contributed by atoms with E-state index in [0.717, 1.165) is 12.3 Å². The van der Waals surface area contributed by atoms with Crippen molar-refractivity contribution in [3.63, 3.8) is 0 Å². The molecule has 3 aliphatic rings. The summed E-state index contributed by atoms with van der Waals surface area (Å²) in [6, 6.07) is 0.921. The topological polar surface area (TPSA) is 40.5 Å². The van der Waals surface area contributed by atoms with Crippen LogP contribution < -0.4 is 0 Å². The Morgan fingerprint density at radius 1 is 1.05 bits per heavy atom. The highest BCUT2D eigenvalue weighted by Crippen LogP contribution is 2.44. The highest BCUT2D eigenvalue weighted by Gasteiger charge is 2.49. The molecule has 0 aromatic carbocycles. The third-order valence-electron chi connectivity index (χ3n) is 6.20. The van der Waals surface area contributed by atoms with Gasteiger partial charge in [-0.15, -0.1) is 0 Å². The van der Waals surface area contributed by atoms with Crippen LogP contribution in [0.4, 0.5) is 0 Å². The Hall–Kier alpha value is -0.570. The Morgan fingerprint density at radius 3 is 2.40 bits per heavy atom. The average molecular weight is 279 g/mol. The van der Waals surface area contributed by atoms with Gasteiger partial charge in [0.25, 0.3) is 0 Å². The Morgan fingerprint density at radius 2 is 1.70 bits per heavy atom. The number of carboxylic acid groups (broad SMARTS) is 1. The van der Waals surface area contributed by atoms with Crippen molar-refractivity contribution in [3.05, 3.63) is 0 Å². The lowest BCUT2D eigenvalue weighted by molar-refractivity contribution is -0.144. The van der Waals surface area contributed by atoms with Gasteiger partial charge in [0.2, 0.25) is 0 Å². The number of likely N-dealkylation sites (tertiary alicyclic amines) is 1. The van der Waals surface area contributed by atoms with Crippen LogP contribution in [-0.2, 0) is 4.79 Å². The summed E-state index contributed by atoms with van der Waals surface area (Å²) in [6.45, 7) is 2.28. The summed E-state index contributed by atoms with van der Waals surface area (Å²) in [5.74, 6) is 0.815. The van der Waals surface area contributed by atoms with Crippen molar-refractivity contribution < 1.29 is 9.90 Å². The van der Waals surface area contributed by atoms with Crippen molar-refractivity contribution in [2.75, 3.05) is 0 Å². The summed E-state index contributed by atoms with van der Waals surface area (Å²) in [7, 11) is 0. The molecule has 1 heterocycles. The van der Waals surface area contributed by atoms with Gasteiger partial charge in [-0.2, -0.15) is 0 Å². The molecule has 0 amide bonds. The average Bonchev–Trinajstić information content (AvgIpc) is 2.86. The van der Waals surface area contributed by atoms with Gasteiger partial charge in [0.15, 0.2) is 0 Å². The molecule has 2 saturated carbocycles. The van der Waals surface area contributed by atoms with Crippen molar-refractivity contribution in [1.29, 1.82) is 0 Å². The van der Waals surface area contributed by atoms with Crippen LogP contribution in [0, 0.1) is 11.8 Å². The quantitative estimate of drug-likeness (QED) is 0.857. The van der Waals surface area contributed by atoms with E-state index in [1.807, 2.05) is 0 Å². The maximum Gasteiger partial charge on any atom is 0.320 e. The lowest BCUT2D eigenvalue weighted by Crippen LogP contribution is -2.52. The molecule has 20 heavy (non-hydrogen) atoms. The van der Waals surface area contributed by atoms with E-state index in [4.69, 9.17) is 0 Å². The minimum atomic E-state index is -0.570. The molecule has 0 radical (unpaired) electrons. The number of aliphatic carboxylic acids is 1. The van der Waals surface area contributed by atoms with Crippen LogP contribution in [0.1, 0.15) is 71.1 Å². The fourth-order valence-corrected chi connectivity index (χ4v) is 5.26. The molecular weight excluding hydrogens is 250 g/mol. The van der Waals surface area contributed by atoms with Crippen molar-refractivity contribution in [2.45, 2.75) is 89.3 Å². The highest BCUT2D eigenvalue weighted by atomic mass is 16.4. The van der Waals surface area contributed by atoms with E-state index in [9.17, 15) is 9.90 Å². The summed E-state index contributed by atoms with van der Waals surface area (Å²) in [6.07, 6.45) is 12.4. The molecule has 1 N–H and O–H groups in total. The minimum Gasteiger partial charge on any atom is -0.480 e.